The van der Waals surface area contributed by atoms with E-state index in [0.29, 0.717) is 10.8 Å². The summed E-state index contributed by atoms with van der Waals surface area (Å²) in [6.45, 7) is 5.78. The molecule has 0 aromatic heterocycles. The van der Waals surface area contributed by atoms with E-state index < -0.39 is 7.44 Å². The molecule has 3 aromatic carbocycles. The van der Waals surface area contributed by atoms with E-state index in [2.05, 4.69) is 6.58 Å². The molecule has 2 radical (unpaired) electrons. The number of allylic oxidation sites excluding steroid dienone is 5. The molecule has 1 heterocycles. The number of rotatable bonds is 5. The quantitative estimate of drug-likeness (QED) is 0.270. The number of nitrogens with zero attached hydrogens (tertiary/aromatic N) is 2. The fraction of sp³-hybridized carbons (Fsp3) is 0.0400. The van der Waals surface area contributed by atoms with Gasteiger partial charge < -0.3 is 0 Å². The Morgan fingerprint density at radius 1 is 0.900 bits per heavy atom. The van der Waals surface area contributed by atoms with Gasteiger partial charge >= 0.3 is 7.44 Å². The van der Waals surface area contributed by atoms with Crippen LogP contribution < -0.4 is 14.8 Å². The van der Waals surface area contributed by atoms with Gasteiger partial charge in [0.1, 0.15) is 7.85 Å². The van der Waals surface area contributed by atoms with Crippen molar-refractivity contribution in [2.75, 3.05) is 9.34 Å². The molecule has 0 saturated heterocycles. The van der Waals surface area contributed by atoms with Gasteiger partial charge in [0, 0.05) is 11.4 Å². The Balaban J connectivity index is 2.10. The van der Waals surface area contributed by atoms with Crippen LogP contribution in [0.1, 0.15) is 6.92 Å². The van der Waals surface area contributed by atoms with Gasteiger partial charge in [-0.25, -0.2) is 0 Å². The standard InChI is InChI=1S/C25H22BN2OP/c1-3-11-23(12-4-2)30(29)27(21-13-7-5-8-14-21)24-18-17-20(26)19-25(24)28(30)22-15-9-6-10-16-22/h3-19H,1H2,2H3/b12-4-,23-11+. The topological polar surface area (TPSA) is 23.6 Å². The zero-order valence-corrected chi connectivity index (χ0v) is 17.7. The molecule has 3 nitrogen and oxygen atoms in total. The first-order valence-electron chi connectivity index (χ1n) is 9.78. The number of hydrogen-bond acceptors (Lipinski definition) is 1. The number of benzene rings is 3. The average molecular weight is 408 g/mol. The first-order chi connectivity index (χ1) is 14.6. The third-order valence-electron chi connectivity index (χ3n) is 4.96. The monoisotopic (exact) mass is 408 g/mol. The zero-order chi connectivity index (χ0) is 21.1. The van der Waals surface area contributed by atoms with Gasteiger partial charge in [-0.05, 0) is 49.4 Å². The van der Waals surface area contributed by atoms with Gasteiger partial charge in [-0.15, -0.1) is 0 Å². The fourth-order valence-electron chi connectivity index (χ4n) is 3.77. The van der Waals surface area contributed by atoms with Crippen molar-refractivity contribution in [1.82, 2.24) is 0 Å². The third kappa shape index (κ3) is 3.24. The molecule has 0 bridgehead atoms. The van der Waals surface area contributed by atoms with Crippen LogP contribution in [0.2, 0.25) is 0 Å². The van der Waals surface area contributed by atoms with Crippen LogP contribution in [-0.4, -0.2) is 7.85 Å². The van der Waals surface area contributed by atoms with Gasteiger partial charge in [0.15, 0.2) is 0 Å². The Morgan fingerprint density at radius 3 is 2.00 bits per heavy atom. The molecule has 3 aromatic rings. The van der Waals surface area contributed by atoms with E-state index in [-0.39, 0.29) is 0 Å². The fourth-order valence-corrected chi connectivity index (χ4v) is 6.86. The van der Waals surface area contributed by atoms with Crippen molar-refractivity contribution < 1.29 is 4.57 Å². The lowest BCUT2D eigenvalue weighted by Gasteiger charge is -2.33. The van der Waals surface area contributed by atoms with Gasteiger partial charge in [0.05, 0.1) is 16.7 Å². The average Bonchev–Trinajstić information content (AvgIpc) is 3.03. The predicted octanol–water partition coefficient (Wildman–Crippen LogP) is 6.61. The highest BCUT2D eigenvalue weighted by Crippen LogP contribution is 2.74. The number of anilines is 4. The molecule has 0 aliphatic carbocycles. The summed E-state index contributed by atoms with van der Waals surface area (Å²) in [7, 11) is 2.79. The summed E-state index contributed by atoms with van der Waals surface area (Å²) < 4.78 is 19.0. The van der Waals surface area contributed by atoms with E-state index in [1.165, 1.54) is 0 Å². The summed E-state index contributed by atoms with van der Waals surface area (Å²) in [6, 6.07) is 25.3. The Bertz CT molecular complexity index is 1170. The van der Waals surface area contributed by atoms with Crippen molar-refractivity contribution in [3.8, 4) is 0 Å². The van der Waals surface area contributed by atoms with Crippen LogP contribution in [-0.2, 0) is 4.57 Å². The maximum atomic E-state index is 15.2. The summed E-state index contributed by atoms with van der Waals surface area (Å²) in [6.07, 6.45) is 7.29. The summed E-state index contributed by atoms with van der Waals surface area (Å²) >= 11 is 0. The van der Waals surface area contributed by atoms with Gasteiger partial charge in [-0.1, -0.05) is 72.7 Å². The highest BCUT2D eigenvalue weighted by Gasteiger charge is 2.49. The lowest BCUT2D eigenvalue weighted by molar-refractivity contribution is 0.581. The molecule has 1 aliphatic heterocycles. The molecule has 5 heteroatoms. The molecule has 0 spiro atoms. The lowest BCUT2D eigenvalue weighted by Crippen LogP contribution is -2.19. The Labute approximate surface area is 179 Å². The second kappa shape index (κ2) is 8.26. The minimum absolute atomic E-state index is 0.622. The van der Waals surface area contributed by atoms with Crippen LogP contribution in [0.4, 0.5) is 22.7 Å². The summed E-state index contributed by atoms with van der Waals surface area (Å²) in [5, 5.41) is 0.683. The molecular formula is C25H22BN2OP. The molecule has 1 unspecified atom stereocenters. The number of hydrogen-bond donors (Lipinski definition) is 0. The van der Waals surface area contributed by atoms with Crippen molar-refractivity contribution in [2.45, 2.75) is 6.92 Å². The van der Waals surface area contributed by atoms with E-state index >= 15 is 4.57 Å². The first kappa shape index (κ1) is 20.1. The Morgan fingerprint density at radius 2 is 1.47 bits per heavy atom. The first-order valence-corrected chi connectivity index (χ1v) is 11.4. The van der Waals surface area contributed by atoms with Crippen molar-refractivity contribution in [2.24, 2.45) is 0 Å². The zero-order valence-electron chi connectivity index (χ0n) is 16.8. The molecule has 1 aliphatic rings. The van der Waals surface area contributed by atoms with Crippen molar-refractivity contribution in [3.63, 3.8) is 0 Å². The maximum Gasteiger partial charge on any atom is 0.301 e. The molecule has 4 rings (SSSR count). The molecule has 30 heavy (non-hydrogen) atoms. The van der Waals surface area contributed by atoms with Crippen LogP contribution in [0.15, 0.2) is 115 Å². The maximum absolute atomic E-state index is 15.2. The van der Waals surface area contributed by atoms with Gasteiger partial charge in [-0.2, -0.15) is 0 Å². The molecular weight excluding hydrogens is 386 g/mol. The minimum Gasteiger partial charge on any atom is -0.270 e. The molecule has 0 saturated carbocycles. The summed E-state index contributed by atoms with van der Waals surface area (Å²) in [5.74, 6) is 0. The van der Waals surface area contributed by atoms with E-state index in [9.17, 15) is 0 Å². The van der Waals surface area contributed by atoms with E-state index in [4.69, 9.17) is 7.85 Å². The van der Waals surface area contributed by atoms with Crippen LogP contribution in [0.25, 0.3) is 0 Å². The lowest BCUT2D eigenvalue weighted by atomic mass is 9.95. The number of para-hydroxylation sites is 2. The normalized spacial score (nSPS) is 18.6. The Hall–Kier alpha value is -3.23. The predicted molar refractivity (Wildman–Crippen MR) is 130 cm³/mol. The van der Waals surface area contributed by atoms with Gasteiger partial charge in [-0.3, -0.25) is 13.9 Å². The molecule has 0 N–H and O–H groups in total. The second-order valence-corrected chi connectivity index (χ2v) is 9.32. The minimum atomic E-state index is -3.36. The molecule has 0 fully saturated rings. The molecule has 1 atom stereocenters. The molecule has 0 amide bonds. The van der Waals surface area contributed by atoms with E-state index in [0.717, 1.165) is 22.7 Å². The molecule has 146 valence electrons. The SMILES string of the molecule is [B]c1ccc2c(c1)N(c1ccccc1)P(=O)(C(/C=C\C)=C/C=C)N2c1ccccc1. The van der Waals surface area contributed by atoms with Crippen LogP contribution in [0, 0.1) is 0 Å². The van der Waals surface area contributed by atoms with Gasteiger partial charge in [0.2, 0.25) is 0 Å². The van der Waals surface area contributed by atoms with Crippen molar-refractivity contribution >= 4 is 43.5 Å². The highest BCUT2D eigenvalue weighted by atomic mass is 31.2. The highest BCUT2D eigenvalue weighted by molar-refractivity contribution is 7.73. The van der Waals surface area contributed by atoms with E-state index in [1.54, 1.807) is 6.08 Å². The Kier molecular flexibility index (Phi) is 5.52. The van der Waals surface area contributed by atoms with E-state index in [1.807, 2.05) is 113 Å². The van der Waals surface area contributed by atoms with Gasteiger partial charge in [0.25, 0.3) is 0 Å². The van der Waals surface area contributed by atoms with Crippen molar-refractivity contribution in [1.29, 1.82) is 0 Å². The van der Waals surface area contributed by atoms with Crippen molar-refractivity contribution in [3.05, 3.63) is 115 Å². The third-order valence-corrected chi connectivity index (χ3v) is 7.91. The largest absolute Gasteiger partial charge is 0.301 e. The van der Waals surface area contributed by atoms with Crippen LogP contribution in [0.5, 0.6) is 0 Å². The summed E-state index contributed by atoms with van der Waals surface area (Å²) in [4.78, 5) is 0. The second-order valence-electron chi connectivity index (χ2n) is 6.91. The number of fused-ring (bicyclic) bond motifs is 1. The summed E-state index contributed by atoms with van der Waals surface area (Å²) in [5.41, 5.74) is 3.97. The van der Waals surface area contributed by atoms with Crippen LogP contribution in [0.3, 0.4) is 0 Å². The van der Waals surface area contributed by atoms with Crippen LogP contribution >= 0.6 is 7.44 Å². The smallest absolute Gasteiger partial charge is 0.270 e.